The van der Waals surface area contributed by atoms with Crippen LogP contribution < -0.4 is 5.73 Å². The summed E-state index contributed by atoms with van der Waals surface area (Å²) >= 11 is 0. The van der Waals surface area contributed by atoms with Crippen LogP contribution >= 0.6 is 0 Å². The van der Waals surface area contributed by atoms with E-state index in [-0.39, 0.29) is 0 Å². The topological polar surface area (TPSA) is 26.0 Å². The van der Waals surface area contributed by atoms with Gasteiger partial charge in [-0.15, -0.1) is 0 Å². The average molecular weight is 309 g/mol. The highest BCUT2D eigenvalue weighted by Crippen LogP contribution is 2.30. The van der Waals surface area contributed by atoms with Crippen molar-refractivity contribution < 1.29 is 0 Å². The van der Waals surface area contributed by atoms with Gasteiger partial charge >= 0.3 is 0 Å². The highest BCUT2D eigenvalue weighted by molar-refractivity contribution is 5.42. The van der Waals surface area contributed by atoms with Crippen molar-refractivity contribution in [3.63, 3.8) is 0 Å². The first-order valence-corrected chi connectivity index (χ1v) is 9.21. The van der Waals surface area contributed by atoms with Crippen molar-refractivity contribution in [2.45, 2.75) is 64.2 Å². The van der Waals surface area contributed by atoms with Gasteiger partial charge in [0, 0.05) is 11.6 Å². The first-order valence-electron chi connectivity index (χ1n) is 9.21. The average Bonchev–Trinajstić information content (AvgIpc) is 2.59. The molecule has 1 heteroatoms. The Hall–Kier alpha value is -1.76. The van der Waals surface area contributed by atoms with Gasteiger partial charge in [-0.05, 0) is 29.7 Å². The Morgan fingerprint density at radius 3 is 1.91 bits per heavy atom. The number of nitrogens with two attached hydrogens (primary N) is 1. The number of nitrogen functional groups attached to an aromatic ring is 1. The third-order valence-corrected chi connectivity index (χ3v) is 4.64. The lowest BCUT2D eigenvalue weighted by Crippen LogP contribution is -2.02. The van der Waals surface area contributed by atoms with Crippen LogP contribution in [0.3, 0.4) is 0 Å². The van der Waals surface area contributed by atoms with Crippen molar-refractivity contribution in [2.24, 2.45) is 0 Å². The molecule has 0 amide bonds. The Kier molecular flexibility index (Phi) is 7.72. The third-order valence-electron chi connectivity index (χ3n) is 4.64. The SMILES string of the molecule is CCCCCCCCCC(c1ccccc1)c1ccc(N)cc1. The molecule has 2 rings (SSSR count). The molecule has 0 bridgehead atoms. The van der Waals surface area contributed by atoms with E-state index in [2.05, 4.69) is 49.4 Å². The lowest BCUT2D eigenvalue weighted by molar-refractivity contribution is 0.559. The molecule has 0 radical (unpaired) electrons. The molecule has 23 heavy (non-hydrogen) atoms. The molecule has 0 heterocycles. The van der Waals surface area contributed by atoms with Crippen LogP contribution in [0, 0.1) is 0 Å². The second kappa shape index (κ2) is 10.1. The Labute approximate surface area is 141 Å². The smallest absolute Gasteiger partial charge is 0.0314 e. The summed E-state index contributed by atoms with van der Waals surface area (Å²) in [5, 5.41) is 0. The fourth-order valence-electron chi connectivity index (χ4n) is 3.25. The summed E-state index contributed by atoms with van der Waals surface area (Å²) in [7, 11) is 0. The molecule has 0 aliphatic carbocycles. The van der Waals surface area contributed by atoms with Crippen LogP contribution in [0.25, 0.3) is 0 Å². The maximum Gasteiger partial charge on any atom is 0.0314 e. The van der Waals surface area contributed by atoms with E-state index in [9.17, 15) is 0 Å². The standard InChI is InChI=1S/C22H31N/c1-2-3-4-5-6-7-11-14-22(19-12-9-8-10-13-19)20-15-17-21(23)18-16-20/h8-10,12-13,15-18,22H,2-7,11,14,23H2,1H3. The van der Waals surface area contributed by atoms with Gasteiger partial charge < -0.3 is 5.73 Å². The van der Waals surface area contributed by atoms with Crippen LogP contribution in [0.1, 0.15) is 75.3 Å². The van der Waals surface area contributed by atoms with E-state index in [1.54, 1.807) is 0 Å². The Morgan fingerprint density at radius 1 is 0.696 bits per heavy atom. The normalized spacial score (nSPS) is 12.2. The van der Waals surface area contributed by atoms with Gasteiger partial charge in [-0.2, -0.15) is 0 Å². The molecule has 0 spiro atoms. The lowest BCUT2D eigenvalue weighted by Gasteiger charge is -2.18. The predicted molar refractivity (Wildman–Crippen MR) is 102 cm³/mol. The Balaban J connectivity index is 1.91. The number of anilines is 1. The highest BCUT2D eigenvalue weighted by atomic mass is 14.5. The first kappa shape index (κ1) is 17.6. The summed E-state index contributed by atoms with van der Waals surface area (Å²) in [5.41, 5.74) is 9.49. The monoisotopic (exact) mass is 309 g/mol. The third kappa shape index (κ3) is 6.09. The van der Waals surface area contributed by atoms with Gasteiger partial charge in [0.2, 0.25) is 0 Å². The van der Waals surface area contributed by atoms with Crippen molar-refractivity contribution in [3.05, 3.63) is 65.7 Å². The van der Waals surface area contributed by atoms with E-state index in [0.29, 0.717) is 5.92 Å². The van der Waals surface area contributed by atoms with Gasteiger partial charge in [0.1, 0.15) is 0 Å². The summed E-state index contributed by atoms with van der Waals surface area (Å²) in [6, 6.07) is 19.3. The fraction of sp³-hybridized carbons (Fsp3) is 0.455. The van der Waals surface area contributed by atoms with Crippen LogP contribution in [0.5, 0.6) is 0 Å². The minimum absolute atomic E-state index is 0.493. The predicted octanol–water partition coefficient (Wildman–Crippen LogP) is 6.54. The van der Waals surface area contributed by atoms with E-state index in [1.807, 2.05) is 12.1 Å². The van der Waals surface area contributed by atoms with Crippen LogP contribution in [0.4, 0.5) is 5.69 Å². The zero-order valence-corrected chi connectivity index (χ0v) is 14.5. The van der Waals surface area contributed by atoms with Crippen LogP contribution in [0.2, 0.25) is 0 Å². The van der Waals surface area contributed by atoms with Crippen molar-refractivity contribution in [3.8, 4) is 0 Å². The highest BCUT2D eigenvalue weighted by Gasteiger charge is 2.13. The van der Waals surface area contributed by atoms with Crippen molar-refractivity contribution in [2.75, 3.05) is 5.73 Å². The number of unbranched alkanes of at least 4 members (excludes halogenated alkanes) is 6. The summed E-state index contributed by atoms with van der Waals surface area (Å²) in [5.74, 6) is 0.493. The molecular weight excluding hydrogens is 278 g/mol. The largest absolute Gasteiger partial charge is 0.399 e. The minimum Gasteiger partial charge on any atom is -0.399 e. The number of benzene rings is 2. The molecule has 0 saturated heterocycles. The summed E-state index contributed by atoms with van der Waals surface area (Å²) in [6.07, 6.45) is 10.8. The molecule has 124 valence electrons. The summed E-state index contributed by atoms with van der Waals surface area (Å²) in [4.78, 5) is 0. The quantitative estimate of drug-likeness (QED) is 0.391. The molecule has 0 aromatic heterocycles. The molecule has 1 atom stereocenters. The van der Waals surface area contributed by atoms with Crippen LogP contribution in [0.15, 0.2) is 54.6 Å². The molecule has 2 N–H and O–H groups in total. The maximum absolute atomic E-state index is 5.85. The van der Waals surface area contributed by atoms with E-state index < -0.39 is 0 Å². The first-order chi connectivity index (χ1) is 11.3. The van der Waals surface area contributed by atoms with E-state index in [1.165, 1.54) is 62.5 Å². The number of hydrogen-bond acceptors (Lipinski definition) is 1. The Morgan fingerprint density at radius 2 is 1.26 bits per heavy atom. The molecule has 1 nitrogen and oxygen atoms in total. The van der Waals surface area contributed by atoms with Gasteiger partial charge in [-0.25, -0.2) is 0 Å². The molecule has 0 aliphatic heterocycles. The van der Waals surface area contributed by atoms with Gasteiger partial charge in [0.05, 0.1) is 0 Å². The molecule has 0 aliphatic rings. The van der Waals surface area contributed by atoms with Gasteiger partial charge in [0.25, 0.3) is 0 Å². The molecule has 2 aromatic rings. The van der Waals surface area contributed by atoms with Crippen LogP contribution in [-0.4, -0.2) is 0 Å². The van der Waals surface area contributed by atoms with Crippen molar-refractivity contribution in [1.82, 2.24) is 0 Å². The maximum atomic E-state index is 5.85. The number of hydrogen-bond donors (Lipinski definition) is 1. The summed E-state index contributed by atoms with van der Waals surface area (Å²) in [6.45, 7) is 2.27. The van der Waals surface area contributed by atoms with Crippen LogP contribution in [-0.2, 0) is 0 Å². The molecule has 1 unspecified atom stereocenters. The van der Waals surface area contributed by atoms with Gasteiger partial charge in [-0.3, -0.25) is 0 Å². The zero-order valence-electron chi connectivity index (χ0n) is 14.5. The zero-order chi connectivity index (χ0) is 16.3. The van der Waals surface area contributed by atoms with E-state index in [0.717, 1.165) is 5.69 Å². The fourth-order valence-corrected chi connectivity index (χ4v) is 3.25. The minimum atomic E-state index is 0.493. The van der Waals surface area contributed by atoms with Crippen molar-refractivity contribution in [1.29, 1.82) is 0 Å². The molecule has 2 aromatic carbocycles. The summed E-state index contributed by atoms with van der Waals surface area (Å²) < 4.78 is 0. The second-order valence-corrected chi connectivity index (χ2v) is 6.54. The van der Waals surface area contributed by atoms with Gasteiger partial charge in [-0.1, -0.05) is 94.3 Å². The lowest BCUT2D eigenvalue weighted by atomic mass is 9.86. The number of rotatable bonds is 10. The van der Waals surface area contributed by atoms with Gasteiger partial charge in [0.15, 0.2) is 0 Å². The Bertz CT molecular complexity index is 530. The molecule has 0 fully saturated rings. The van der Waals surface area contributed by atoms with Crippen molar-refractivity contribution >= 4 is 5.69 Å². The van der Waals surface area contributed by atoms with E-state index >= 15 is 0 Å². The van der Waals surface area contributed by atoms with E-state index in [4.69, 9.17) is 5.73 Å². The molecular formula is C22H31N. The second-order valence-electron chi connectivity index (χ2n) is 6.54. The molecule has 0 saturated carbocycles.